The van der Waals surface area contributed by atoms with Crippen molar-refractivity contribution in [1.82, 2.24) is 10.4 Å². The minimum Gasteiger partial charge on any atom is -0.484 e. The number of hydrogen-bond acceptors (Lipinski definition) is 3. The fraction of sp³-hybridized carbons (Fsp3) is 0.111. The van der Waals surface area contributed by atoms with Gasteiger partial charge in [0.25, 0.3) is 5.91 Å². The number of para-hydroxylation sites is 1. The van der Waals surface area contributed by atoms with Gasteiger partial charge in [0.1, 0.15) is 5.75 Å². The van der Waals surface area contributed by atoms with Gasteiger partial charge in [-0.25, -0.2) is 5.43 Å². The summed E-state index contributed by atoms with van der Waals surface area (Å²) in [5, 5.41) is 5.67. The molecule has 24 heavy (non-hydrogen) atoms. The number of aryl methyl sites for hydroxylation is 1. The van der Waals surface area contributed by atoms with Gasteiger partial charge in [0.15, 0.2) is 6.61 Å². The van der Waals surface area contributed by atoms with E-state index in [1.165, 1.54) is 0 Å². The molecule has 1 amide bonds. The molecule has 0 saturated carbocycles. The second-order valence-corrected chi connectivity index (χ2v) is 5.69. The number of rotatable bonds is 5. The van der Waals surface area contributed by atoms with Crippen LogP contribution in [0.2, 0.25) is 5.02 Å². The Labute approximate surface area is 144 Å². The minimum atomic E-state index is -0.335. The summed E-state index contributed by atoms with van der Waals surface area (Å²) in [5.74, 6) is 0.256. The first-order chi connectivity index (χ1) is 11.6. The molecule has 3 aromatic rings. The maximum Gasteiger partial charge on any atom is 0.277 e. The predicted molar refractivity (Wildman–Crippen MR) is 95.7 cm³/mol. The Balaban J connectivity index is 1.54. The van der Waals surface area contributed by atoms with E-state index in [0.29, 0.717) is 10.8 Å². The average molecular weight is 342 g/mol. The maximum atomic E-state index is 11.8. The van der Waals surface area contributed by atoms with E-state index in [-0.39, 0.29) is 12.5 Å². The number of fused-ring (bicyclic) bond motifs is 1. The molecule has 0 radical (unpaired) electrons. The molecule has 5 nitrogen and oxygen atoms in total. The Morgan fingerprint density at radius 1 is 1.33 bits per heavy atom. The normalized spacial score (nSPS) is 11.1. The van der Waals surface area contributed by atoms with Crippen molar-refractivity contribution in [2.24, 2.45) is 5.10 Å². The lowest BCUT2D eigenvalue weighted by molar-refractivity contribution is -0.123. The molecule has 0 aliphatic carbocycles. The summed E-state index contributed by atoms with van der Waals surface area (Å²) >= 11 is 5.95. The molecule has 3 rings (SSSR count). The molecule has 2 aromatic carbocycles. The minimum absolute atomic E-state index is 0.119. The number of hydrogen-bond donors (Lipinski definition) is 2. The zero-order valence-electron chi connectivity index (χ0n) is 13.0. The Morgan fingerprint density at radius 3 is 3.00 bits per heavy atom. The highest BCUT2D eigenvalue weighted by atomic mass is 35.5. The highest BCUT2D eigenvalue weighted by molar-refractivity contribution is 6.31. The van der Waals surface area contributed by atoms with Crippen LogP contribution < -0.4 is 10.2 Å². The highest BCUT2D eigenvalue weighted by Gasteiger charge is 2.04. The Hall–Kier alpha value is -2.79. The van der Waals surface area contributed by atoms with Gasteiger partial charge in [-0.05, 0) is 36.8 Å². The SMILES string of the molecule is Cc1cc(OCC(=O)N/N=C/c2c[nH]c3ccccc23)ccc1Cl. The number of ether oxygens (including phenoxy) is 1. The summed E-state index contributed by atoms with van der Waals surface area (Å²) in [4.78, 5) is 14.9. The zero-order chi connectivity index (χ0) is 16.9. The van der Waals surface area contributed by atoms with Gasteiger partial charge in [0.05, 0.1) is 6.21 Å². The Bertz CT molecular complexity index is 902. The standard InChI is InChI=1S/C18H16ClN3O2/c1-12-8-14(6-7-16(12)19)24-11-18(23)22-21-10-13-9-20-17-5-3-2-4-15(13)17/h2-10,20H,11H2,1H3,(H,22,23)/b21-10+. The van der Waals surface area contributed by atoms with Crippen LogP contribution in [0.4, 0.5) is 0 Å². The van der Waals surface area contributed by atoms with Crippen LogP contribution in [-0.4, -0.2) is 23.7 Å². The Kier molecular flexibility index (Phi) is 4.82. The van der Waals surface area contributed by atoms with E-state index in [1.807, 2.05) is 37.4 Å². The molecule has 0 aliphatic rings. The molecule has 0 spiro atoms. The summed E-state index contributed by atoms with van der Waals surface area (Å²) in [5.41, 5.74) is 5.27. The van der Waals surface area contributed by atoms with Crippen molar-refractivity contribution in [2.45, 2.75) is 6.92 Å². The van der Waals surface area contributed by atoms with Crippen molar-refractivity contribution in [2.75, 3.05) is 6.61 Å². The molecule has 0 bridgehead atoms. The fourth-order valence-corrected chi connectivity index (χ4v) is 2.38. The number of benzene rings is 2. The van der Waals surface area contributed by atoms with Crippen molar-refractivity contribution in [3.8, 4) is 5.75 Å². The van der Waals surface area contributed by atoms with Gasteiger partial charge in [-0.3, -0.25) is 4.79 Å². The molecule has 0 atom stereocenters. The van der Waals surface area contributed by atoms with Crippen LogP contribution in [0.1, 0.15) is 11.1 Å². The second kappa shape index (κ2) is 7.19. The van der Waals surface area contributed by atoms with E-state index in [0.717, 1.165) is 22.0 Å². The lowest BCUT2D eigenvalue weighted by Gasteiger charge is -2.06. The molecule has 2 N–H and O–H groups in total. The molecular weight excluding hydrogens is 326 g/mol. The number of carbonyl (C=O) groups is 1. The first-order valence-corrected chi connectivity index (χ1v) is 7.78. The molecular formula is C18H16ClN3O2. The lowest BCUT2D eigenvalue weighted by atomic mass is 10.2. The average Bonchev–Trinajstić information content (AvgIpc) is 2.99. The third-order valence-corrected chi connectivity index (χ3v) is 3.94. The summed E-state index contributed by atoms with van der Waals surface area (Å²) in [6, 6.07) is 13.1. The van der Waals surface area contributed by atoms with Crippen LogP contribution in [0, 0.1) is 6.92 Å². The third kappa shape index (κ3) is 3.75. The van der Waals surface area contributed by atoms with Crippen molar-refractivity contribution < 1.29 is 9.53 Å². The number of nitrogens with one attached hydrogen (secondary N) is 2. The molecule has 0 unspecified atom stereocenters. The van der Waals surface area contributed by atoms with Crippen LogP contribution >= 0.6 is 11.6 Å². The van der Waals surface area contributed by atoms with Crippen LogP contribution in [0.25, 0.3) is 10.9 Å². The largest absolute Gasteiger partial charge is 0.484 e. The van der Waals surface area contributed by atoms with Gasteiger partial charge < -0.3 is 9.72 Å². The van der Waals surface area contributed by atoms with Gasteiger partial charge in [-0.15, -0.1) is 0 Å². The van der Waals surface area contributed by atoms with E-state index in [9.17, 15) is 4.79 Å². The quantitative estimate of drug-likeness (QED) is 0.549. The molecule has 0 saturated heterocycles. The molecule has 0 aliphatic heterocycles. The maximum absolute atomic E-state index is 11.8. The number of aromatic nitrogens is 1. The number of hydrazone groups is 1. The van der Waals surface area contributed by atoms with Crippen molar-refractivity contribution in [3.63, 3.8) is 0 Å². The molecule has 0 fully saturated rings. The summed E-state index contributed by atoms with van der Waals surface area (Å²) in [6.45, 7) is 1.76. The molecule has 1 aromatic heterocycles. The van der Waals surface area contributed by atoms with E-state index < -0.39 is 0 Å². The number of nitrogens with zero attached hydrogens (tertiary/aromatic N) is 1. The Morgan fingerprint density at radius 2 is 2.17 bits per heavy atom. The van der Waals surface area contributed by atoms with Crippen LogP contribution in [0.15, 0.2) is 53.8 Å². The molecule has 122 valence electrons. The molecule has 1 heterocycles. The topological polar surface area (TPSA) is 66.5 Å². The number of amides is 1. The monoisotopic (exact) mass is 341 g/mol. The smallest absolute Gasteiger partial charge is 0.277 e. The lowest BCUT2D eigenvalue weighted by Crippen LogP contribution is -2.24. The van der Waals surface area contributed by atoms with Gasteiger partial charge in [0, 0.05) is 27.7 Å². The summed E-state index contributed by atoms with van der Waals surface area (Å²) in [7, 11) is 0. The van der Waals surface area contributed by atoms with Crippen LogP contribution in [-0.2, 0) is 4.79 Å². The number of H-pyrrole nitrogens is 1. The second-order valence-electron chi connectivity index (χ2n) is 5.28. The summed E-state index contributed by atoms with van der Waals surface area (Å²) < 4.78 is 5.41. The predicted octanol–water partition coefficient (Wildman–Crippen LogP) is 3.66. The van der Waals surface area contributed by atoms with Crippen LogP contribution in [0.3, 0.4) is 0 Å². The number of halogens is 1. The van der Waals surface area contributed by atoms with E-state index in [2.05, 4.69) is 15.5 Å². The highest BCUT2D eigenvalue weighted by Crippen LogP contribution is 2.20. The van der Waals surface area contributed by atoms with Gasteiger partial charge in [-0.2, -0.15) is 5.10 Å². The first-order valence-electron chi connectivity index (χ1n) is 7.40. The third-order valence-electron chi connectivity index (χ3n) is 3.51. The zero-order valence-corrected chi connectivity index (χ0v) is 13.8. The van der Waals surface area contributed by atoms with E-state index in [4.69, 9.17) is 16.3 Å². The van der Waals surface area contributed by atoms with Crippen molar-refractivity contribution in [1.29, 1.82) is 0 Å². The van der Waals surface area contributed by atoms with Gasteiger partial charge >= 0.3 is 0 Å². The fourth-order valence-electron chi connectivity index (χ4n) is 2.26. The number of aromatic amines is 1. The first kappa shape index (κ1) is 16.1. The van der Waals surface area contributed by atoms with Crippen molar-refractivity contribution in [3.05, 3.63) is 64.8 Å². The number of carbonyl (C=O) groups excluding carboxylic acids is 1. The van der Waals surface area contributed by atoms with Crippen molar-refractivity contribution >= 4 is 34.6 Å². The van der Waals surface area contributed by atoms with E-state index in [1.54, 1.807) is 24.4 Å². The van der Waals surface area contributed by atoms with Gasteiger partial charge in [0.2, 0.25) is 0 Å². The van der Waals surface area contributed by atoms with Gasteiger partial charge in [-0.1, -0.05) is 29.8 Å². The molecule has 6 heteroatoms. The van der Waals surface area contributed by atoms with E-state index >= 15 is 0 Å². The summed E-state index contributed by atoms with van der Waals surface area (Å²) in [6.07, 6.45) is 3.44. The van der Waals surface area contributed by atoms with Crippen LogP contribution in [0.5, 0.6) is 5.75 Å².